The molecule has 29 heavy (non-hydrogen) atoms. The van der Waals surface area contributed by atoms with E-state index < -0.39 is 0 Å². The lowest BCUT2D eigenvalue weighted by Gasteiger charge is -2.21. The molecule has 1 aliphatic carbocycles. The van der Waals surface area contributed by atoms with Gasteiger partial charge < -0.3 is 4.90 Å². The third-order valence-electron chi connectivity index (χ3n) is 7.47. The second kappa shape index (κ2) is 8.45. The van der Waals surface area contributed by atoms with E-state index in [1.807, 2.05) is 0 Å². The highest BCUT2D eigenvalue weighted by Crippen LogP contribution is 2.43. The van der Waals surface area contributed by atoms with Gasteiger partial charge in [0.15, 0.2) is 0 Å². The zero-order valence-corrected chi connectivity index (χ0v) is 17.8. The Bertz CT molecular complexity index is 839. The summed E-state index contributed by atoms with van der Waals surface area (Å²) in [5, 5.41) is 0. The molecule has 2 fully saturated rings. The number of hydrogen-bond donors (Lipinski definition) is 0. The van der Waals surface area contributed by atoms with Crippen molar-refractivity contribution in [1.82, 2.24) is 9.80 Å². The van der Waals surface area contributed by atoms with Crippen LogP contribution in [0.5, 0.6) is 0 Å². The van der Waals surface area contributed by atoms with Gasteiger partial charge in [-0.15, -0.1) is 0 Å². The standard InChI is InChI=1S/C27H34N2/c1-21-6-5-16-29(21)17-15-22-9-11-24(12-10-22)26-14-13-25-19-28(20-27(25)26)18-23-7-3-2-4-8-23/h2-4,7-12,14,21,25,27H,5-6,13,15-20H2,1H3/t21-,25+,27-/m1/s1. The lowest BCUT2D eigenvalue weighted by Crippen LogP contribution is -2.28. The Hall–Kier alpha value is -1.90. The van der Waals surface area contributed by atoms with E-state index in [0.717, 1.165) is 24.4 Å². The molecule has 3 atom stereocenters. The molecule has 0 saturated carbocycles. The molecule has 2 aromatic rings. The van der Waals surface area contributed by atoms with Gasteiger partial charge in [0.25, 0.3) is 0 Å². The number of likely N-dealkylation sites (tertiary alicyclic amines) is 2. The Labute approximate surface area is 176 Å². The highest BCUT2D eigenvalue weighted by atomic mass is 15.2. The van der Waals surface area contributed by atoms with Crippen LogP contribution in [0.15, 0.2) is 60.7 Å². The summed E-state index contributed by atoms with van der Waals surface area (Å²) in [6.45, 7) is 8.42. The van der Waals surface area contributed by atoms with E-state index in [-0.39, 0.29) is 0 Å². The third-order valence-corrected chi connectivity index (χ3v) is 7.47. The maximum atomic E-state index is 2.66. The van der Waals surface area contributed by atoms with Gasteiger partial charge >= 0.3 is 0 Å². The maximum absolute atomic E-state index is 2.66. The molecule has 5 rings (SSSR count). The van der Waals surface area contributed by atoms with E-state index in [0.29, 0.717) is 0 Å². The molecule has 2 nitrogen and oxygen atoms in total. The Morgan fingerprint density at radius 3 is 2.52 bits per heavy atom. The van der Waals surface area contributed by atoms with Crippen molar-refractivity contribution in [2.45, 2.75) is 45.2 Å². The first-order valence-corrected chi connectivity index (χ1v) is 11.6. The molecule has 152 valence electrons. The summed E-state index contributed by atoms with van der Waals surface area (Å²) < 4.78 is 0. The second-order valence-electron chi connectivity index (χ2n) is 9.42. The molecule has 0 spiro atoms. The van der Waals surface area contributed by atoms with Crippen LogP contribution in [0.1, 0.15) is 42.9 Å². The highest BCUT2D eigenvalue weighted by molar-refractivity contribution is 5.70. The summed E-state index contributed by atoms with van der Waals surface area (Å²) in [6, 6.07) is 21.2. The van der Waals surface area contributed by atoms with E-state index in [1.165, 1.54) is 68.6 Å². The molecule has 0 N–H and O–H groups in total. The molecule has 0 amide bonds. The molecule has 2 aromatic carbocycles. The van der Waals surface area contributed by atoms with Crippen LogP contribution in [-0.2, 0) is 13.0 Å². The van der Waals surface area contributed by atoms with Gasteiger partial charge in [0.1, 0.15) is 0 Å². The van der Waals surface area contributed by atoms with Crippen molar-refractivity contribution in [2.75, 3.05) is 26.2 Å². The van der Waals surface area contributed by atoms with Crippen LogP contribution in [0.3, 0.4) is 0 Å². The predicted molar refractivity (Wildman–Crippen MR) is 122 cm³/mol. The average molecular weight is 387 g/mol. The van der Waals surface area contributed by atoms with Gasteiger partial charge in [0.2, 0.25) is 0 Å². The van der Waals surface area contributed by atoms with Crippen molar-refractivity contribution in [3.63, 3.8) is 0 Å². The third kappa shape index (κ3) is 4.20. The molecular formula is C27H34N2. The molecule has 2 aliphatic heterocycles. The van der Waals surface area contributed by atoms with Crippen molar-refractivity contribution in [3.8, 4) is 0 Å². The molecule has 0 bridgehead atoms. The van der Waals surface area contributed by atoms with Gasteiger partial charge in [-0.25, -0.2) is 0 Å². The van der Waals surface area contributed by atoms with Gasteiger partial charge in [-0.3, -0.25) is 4.90 Å². The molecular weight excluding hydrogens is 352 g/mol. The summed E-state index contributed by atoms with van der Waals surface area (Å²) in [7, 11) is 0. The first kappa shape index (κ1) is 19.1. The summed E-state index contributed by atoms with van der Waals surface area (Å²) >= 11 is 0. The lowest BCUT2D eigenvalue weighted by atomic mass is 9.90. The summed E-state index contributed by atoms with van der Waals surface area (Å²) in [5.74, 6) is 1.53. The number of fused-ring (bicyclic) bond motifs is 1. The summed E-state index contributed by atoms with van der Waals surface area (Å²) in [4.78, 5) is 5.31. The van der Waals surface area contributed by atoms with E-state index >= 15 is 0 Å². The van der Waals surface area contributed by atoms with Gasteiger partial charge in [-0.2, -0.15) is 0 Å². The monoisotopic (exact) mass is 386 g/mol. The van der Waals surface area contributed by atoms with E-state index in [4.69, 9.17) is 0 Å². The quantitative estimate of drug-likeness (QED) is 0.669. The summed E-state index contributed by atoms with van der Waals surface area (Å²) in [6.07, 6.45) is 7.70. The molecule has 2 saturated heterocycles. The second-order valence-corrected chi connectivity index (χ2v) is 9.42. The molecule has 0 aromatic heterocycles. The zero-order chi connectivity index (χ0) is 19.6. The smallest absolute Gasteiger partial charge is 0.0234 e. The average Bonchev–Trinajstić information content (AvgIpc) is 3.44. The predicted octanol–water partition coefficient (Wildman–Crippen LogP) is 5.25. The molecule has 0 radical (unpaired) electrons. The van der Waals surface area contributed by atoms with E-state index in [9.17, 15) is 0 Å². The topological polar surface area (TPSA) is 6.48 Å². The van der Waals surface area contributed by atoms with Crippen LogP contribution in [0.4, 0.5) is 0 Å². The van der Waals surface area contributed by atoms with Crippen LogP contribution >= 0.6 is 0 Å². The number of rotatable bonds is 6. The fraction of sp³-hybridized carbons (Fsp3) is 0.481. The van der Waals surface area contributed by atoms with Crippen LogP contribution in [0.2, 0.25) is 0 Å². The van der Waals surface area contributed by atoms with Gasteiger partial charge in [-0.1, -0.05) is 60.7 Å². The van der Waals surface area contributed by atoms with Crippen molar-refractivity contribution < 1.29 is 0 Å². The Morgan fingerprint density at radius 2 is 1.76 bits per heavy atom. The number of benzene rings is 2. The number of nitrogens with zero attached hydrogens (tertiary/aromatic N) is 2. The van der Waals surface area contributed by atoms with Crippen LogP contribution < -0.4 is 0 Å². The van der Waals surface area contributed by atoms with Crippen LogP contribution in [0, 0.1) is 11.8 Å². The molecule has 3 aliphatic rings. The molecule has 0 unspecified atom stereocenters. The van der Waals surface area contributed by atoms with Gasteiger partial charge in [0, 0.05) is 38.1 Å². The fourth-order valence-corrected chi connectivity index (χ4v) is 5.75. The lowest BCUT2D eigenvalue weighted by molar-refractivity contribution is 0.272. The zero-order valence-electron chi connectivity index (χ0n) is 17.8. The largest absolute Gasteiger partial charge is 0.300 e. The Balaban J connectivity index is 1.19. The first-order chi connectivity index (χ1) is 14.3. The van der Waals surface area contributed by atoms with Gasteiger partial charge in [0.05, 0.1) is 0 Å². The first-order valence-electron chi connectivity index (χ1n) is 11.6. The fourth-order valence-electron chi connectivity index (χ4n) is 5.75. The van der Waals surface area contributed by atoms with Crippen molar-refractivity contribution in [3.05, 3.63) is 77.4 Å². The molecule has 2 heterocycles. The minimum Gasteiger partial charge on any atom is -0.300 e. The Morgan fingerprint density at radius 1 is 0.931 bits per heavy atom. The van der Waals surface area contributed by atoms with E-state index in [1.54, 1.807) is 5.57 Å². The Kier molecular flexibility index (Phi) is 5.56. The van der Waals surface area contributed by atoms with Crippen molar-refractivity contribution in [2.24, 2.45) is 11.8 Å². The number of hydrogen-bond acceptors (Lipinski definition) is 2. The maximum Gasteiger partial charge on any atom is 0.0234 e. The van der Waals surface area contributed by atoms with Gasteiger partial charge in [-0.05, 0) is 67.3 Å². The molecule has 2 heteroatoms. The highest BCUT2D eigenvalue weighted by Gasteiger charge is 2.38. The number of allylic oxidation sites excluding steroid dienone is 1. The van der Waals surface area contributed by atoms with Crippen LogP contribution in [0.25, 0.3) is 5.57 Å². The van der Waals surface area contributed by atoms with Crippen molar-refractivity contribution in [1.29, 1.82) is 0 Å². The normalized spacial score (nSPS) is 27.3. The van der Waals surface area contributed by atoms with Crippen molar-refractivity contribution >= 4 is 5.57 Å². The minimum absolute atomic E-state index is 0.718. The van der Waals surface area contributed by atoms with Crippen LogP contribution in [-0.4, -0.2) is 42.0 Å². The summed E-state index contributed by atoms with van der Waals surface area (Å²) in [5.41, 5.74) is 5.98. The SMILES string of the molecule is C[C@@H]1CCCN1CCc1ccc(C2=CC[C@H]3CN(Cc4ccccc4)C[C@@H]23)cc1. The van der Waals surface area contributed by atoms with E-state index in [2.05, 4.69) is 77.4 Å². The minimum atomic E-state index is 0.718.